The van der Waals surface area contributed by atoms with Crippen molar-refractivity contribution in [2.24, 2.45) is 0 Å². The predicted molar refractivity (Wildman–Crippen MR) is 52.4 cm³/mol. The number of halogens is 1. The molecule has 0 spiro atoms. The molecule has 1 aromatic heterocycles. The van der Waals surface area contributed by atoms with Gasteiger partial charge in [-0.1, -0.05) is 0 Å². The summed E-state index contributed by atoms with van der Waals surface area (Å²) in [5, 5.41) is 10.2. The second-order valence-corrected chi connectivity index (χ2v) is 4.12. The van der Waals surface area contributed by atoms with Gasteiger partial charge in [-0.3, -0.25) is 0 Å². The van der Waals surface area contributed by atoms with Crippen molar-refractivity contribution in [3.05, 3.63) is 35.0 Å². The molecule has 0 saturated heterocycles. The minimum Gasteiger partial charge on any atom is -0.388 e. The third-order valence-electron chi connectivity index (χ3n) is 1.91. The fourth-order valence-electron chi connectivity index (χ4n) is 1.24. The van der Waals surface area contributed by atoms with E-state index in [2.05, 4.69) is 0 Å². The number of hydrogen-bond acceptors (Lipinski definition) is 2. The molecule has 2 rings (SSSR count). The Labute approximate surface area is 79.4 Å². The summed E-state index contributed by atoms with van der Waals surface area (Å²) in [6.07, 6.45) is -0.472. The fraction of sp³-hybridized carbons (Fsp3) is 0.200. The second-order valence-electron chi connectivity index (χ2n) is 3.01. The number of aliphatic hydroxyl groups is 1. The highest BCUT2D eigenvalue weighted by Gasteiger charge is 2.06. The second kappa shape index (κ2) is 3.09. The molecular weight excluding hydrogens is 187 g/mol. The molecule has 1 N–H and O–H groups in total. The van der Waals surface area contributed by atoms with E-state index in [1.165, 1.54) is 23.5 Å². The van der Waals surface area contributed by atoms with Crippen LogP contribution in [0.15, 0.2) is 24.3 Å². The van der Waals surface area contributed by atoms with Gasteiger partial charge in [0.25, 0.3) is 0 Å². The van der Waals surface area contributed by atoms with Crippen molar-refractivity contribution in [3.63, 3.8) is 0 Å². The van der Waals surface area contributed by atoms with E-state index in [1.54, 1.807) is 13.0 Å². The quantitative estimate of drug-likeness (QED) is 0.743. The van der Waals surface area contributed by atoms with E-state index in [-0.39, 0.29) is 5.82 Å². The van der Waals surface area contributed by atoms with Crippen LogP contribution in [0.5, 0.6) is 0 Å². The molecule has 0 aliphatic rings. The van der Waals surface area contributed by atoms with Crippen molar-refractivity contribution in [1.29, 1.82) is 0 Å². The van der Waals surface area contributed by atoms with Gasteiger partial charge in [-0.2, -0.15) is 0 Å². The zero-order valence-corrected chi connectivity index (χ0v) is 7.94. The smallest absolute Gasteiger partial charge is 0.123 e. The molecule has 13 heavy (non-hydrogen) atoms. The number of rotatable bonds is 1. The first-order valence-electron chi connectivity index (χ1n) is 4.04. The number of thiophene rings is 1. The monoisotopic (exact) mass is 196 g/mol. The van der Waals surface area contributed by atoms with Crippen LogP contribution in [0, 0.1) is 5.82 Å². The topological polar surface area (TPSA) is 20.2 Å². The molecule has 1 heterocycles. The van der Waals surface area contributed by atoms with E-state index in [1.807, 2.05) is 6.07 Å². The molecule has 1 nitrogen and oxygen atoms in total. The van der Waals surface area contributed by atoms with Crippen LogP contribution < -0.4 is 0 Å². The summed E-state index contributed by atoms with van der Waals surface area (Å²) >= 11 is 1.50. The number of benzene rings is 1. The van der Waals surface area contributed by atoms with Crippen molar-refractivity contribution in [1.82, 2.24) is 0 Å². The SMILES string of the molecule is CC(O)c1cc2cc(F)ccc2s1. The first-order chi connectivity index (χ1) is 6.16. The molecule has 0 saturated carbocycles. The summed E-state index contributed by atoms with van der Waals surface area (Å²) < 4.78 is 13.8. The Kier molecular flexibility index (Phi) is 2.06. The zero-order chi connectivity index (χ0) is 9.42. The number of hydrogen-bond donors (Lipinski definition) is 1. The Bertz CT molecular complexity index is 433. The lowest BCUT2D eigenvalue weighted by Gasteiger charge is -1.95. The molecule has 1 atom stereocenters. The Morgan fingerprint density at radius 3 is 2.85 bits per heavy atom. The minimum absolute atomic E-state index is 0.234. The number of aliphatic hydroxyl groups excluding tert-OH is 1. The van der Waals surface area contributed by atoms with Crippen LogP contribution in [0.25, 0.3) is 10.1 Å². The third-order valence-corrected chi connectivity index (χ3v) is 3.20. The van der Waals surface area contributed by atoms with Gasteiger partial charge in [0.05, 0.1) is 6.10 Å². The van der Waals surface area contributed by atoms with Gasteiger partial charge in [-0.25, -0.2) is 4.39 Å². The Hall–Kier alpha value is -0.930. The third kappa shape index (κ3) is 1.57. The molecule has 1 aromatic carbocycles. The fourth-order valence-corrected chi connectivity index (χ4v) is 2.22. The number of fused-ring (bicyclic) bond motifs is 1. The van der Waals surface area contributed by atoms with Gasteiger partial charge in [0, 0.05) is 9.58 Å². The largest absolute Gasteiger partial charge is 0.388 e. The summed E-state index contributed by atoms with van der Waals surface area (Å²) in [5.74, 6) is -0.234. The van der Waals surface area contributed by atoms with Crippen LogP contribution in [0.3, 0.4) is 0 Å². The van der Waals surface area contributed by atoms with Crippen LogP contribution in [-0.4, -0.2) is 5.11 Å². The van der Waals surface area contributed by atoms with Gasteiger partial charge >= 0.3 is 0 Å². The zero-order valence-electron chi connectivity index (χ0n) is 7.12. The predicted octanol–water partition coefficient (Wildman–Crippen LogP) is 3.09. The molecule has 68 valence electrons. The average molecular weight is 196 g/mol. The van der Waals surface area contributed by atoms with E-state index in [9.17, 15) is 9.50 Å². The molecule has 0 bridgehead atoms. The molecule has 0 aliphatic heterocycles. The maximum Gasteiger partial charge on any atom is 0.123 e. The van der Waals surface area contributed by atoms with Gasteiger partial charge in [0.2, 0.25) is 0 Å². The van der Waals surface area contributed by atoms with Gasteiger partial charge < -0.3 is 5.11 Å². The maximum absolute atomic E-state index is 12.8. The van der Waals surface area contributed by atoms with Crippen molar-refractivity contribution in [2.75, 3.05) is 0 Å². The van der Waals surface area contributed by atoms with Gasteiger partial charge in [0.1, 0.15) is 5.82 Å². The highest BCUT2D eigenvalue weighted by atomic mass is 32.1. The Morgan fingerprint density at radius 2 is 2.15 bits per heavy atom. The molecule has 0 fully saturated rings. The van der Waals surface area contributed by atoms with Crippen molar-refractivity contribution in [2.45, 2.75) is 13.0 Å². The van der Waals surface area contributed by atoms with Gasteiger partial charge in [0.15, 0.2) is 0 Å². The summed E-state index contributed by atoms with van der Waals surface area (Å²) in [7, 11) is 0. The summed E-state index contributed by atoms with van der Waals surface area (Å²) in [4.78, 5) is 0.876. The van der Waals surface area contributed by atoms with E-state index in [0.29, 0.717) is 0 Å². The summed E-state index contributed by atoms with van der Waals surface area (Å²) in [5.41, 5.74) is 0. The Morgan fingerprint density at radius 1 is 1.38 bits per heavy atom. The highest BCUT2D eigenvalue weighted by molar-refractivity contribution is 7.19. The van der Waals surface area contributed by atoms with E-state index < -0.39 is 6.10 Å². The first kappa shape index (κ1) is 8.66. The van der Waals surface area contributed by atoms with E-state index in [0.717, 1.165) is 15.0 Å². The van der Waals surface area contributed by atoms with Gasteiger partial charge in [-0.05, 0) is 36.6 Å². The Balaban J connectivity index is 2.62. The average Bonchev–Trinajstić information content (AvgIpc) is 2.46. The highest BCUT2D eigenvalue weighted by Crippen LogP contribution is 2.29. The standard InChI is InChI=1S/C10H9FOS/c1-6(12)10-5-7-4-8(11)2-3-9(7)13-10/h2-6,12H,1H3. The maximum atomic E-state index is 12.8. The van der Waals surface area contributed by atoms with Crippen LogP contribution in [-0.2, 0) is 0 Å². The molecule has 2 aromatic rings. The van der Waals surface area contributed by atoms with Crippen LogP contribution in [0.4, 0.5) is 4.39 Å². The summed E-state index contributed by atoms with van der Waals surface area (Å²) in [6.45, 7) is 1.71. The lowest BCUT2D eigenvalue weighted by Crippen LogP contribution is -1.83. The van der Waals surface area contributed by atoms with Crippen molar-refractivity contribution in [3.8, 4) is 0 Å². The molecule has 3 heteroatoms. The molecule has 1 unspecified atom stereocenters. The molecule has 0 amide bonds. The molecule has 0 radical (unpaired) electrons. The van der Waals surface area contributed by atoms with Crippen LogP contribution in [0.1, 0.15) is 17.9 Å². The van der Waals surface area contributed by atoms with E-state index in [4.69, 9.17) is 0 Å². The molecule has 0 aliphatic carbocycles. The van der Waals surface area contributed by atoms with Crippen molar-refractivity contribution >= 4 is 21.4 Å². The van der Waals surface area contributed by atoms with E-state index >= 15 is 0 Å². The lowest BCUT2D eigenvalue weighted by atomic mass is 10.2. The van der Waals surface area contributed by atoms with Crippen LogP contribution in [0.2, 0.25) is 0 Å². The van der Waals surface area contributed by atoms with Crippen LogP contribution >= 0.6 is 11.3 Å². The van der Waals surface area contributed by atoms with Crippen molar-refractivity contribution < 1.29 is 9.50 Å². The first-order valence-corrected chi connectivity index (χ1v) is 4.85. The minimum atomic E-state index is -0.472. The molecular formula is C10H9FOS. The normalized spacial score (nSPS) is 13.5. The van der Waals surface area contributed by atoms with Gasteiger partial charge in [-0.15, -0.1) is 11.3 Å². The lowest BCUT2D eigenvalue weighted by molar-refractivity contribution is 0.203. The summed E-state index contributed by atoms with van der Waals surface area (Å²) in [6, 6.07) is 6.48.